The zero-order valence-electron chi connectivity index (χ0n) is 17.8. The van der Waals surface area contributed by atoms with Crippen molar-refractivity contribution in [2.24, 2.45) is 5.92 Å². The van der Waals surface area contributed by atoms with Crippen LogP contribution in [0.25, 0.3) is 0 Å². The molecule has 158 valence electrons. The fraction of sp³-hybridized carbons (Fsp3) is 0.360. The number of benzene rings is 2. The van der Waals surface area contributed by atoms with Crippen LogP contribution in [0.4, 0.5) is 0 Å². The lowest BCUT2D eigenvalue weighted by Gasteiger charge is -2.38. The molecule has 1 aliphatic rings. The predicted molar refractivity (Wildman–Crippen MR) is 118 cm³/mol. The summed E-state index contributed by atoms with van der Waals surface area (Å²) in [6.45, 7) is 8.77. The molecule has 2 amide bonds. The fourth-order valence-electron chi connectivity index (χ4n) is 3.80. The van der Waals surface area contributed by atoms with E-state index in [1.807, 2.05) is 41.3 Å². The van der Waals surface area contributed by atoms with Gasteiger partial charge in [0.1, 0.15) is 5.75 Å². The van der Waals surface area contributed by atoms with Gasteiger partial charge in [0.05, 0.1) is 6.04 Å². The van der Waals surface area contributed by atoms with Gasteiger partial charge in [-0.05, 0) is 41.2 Å². The zero-order valence-corrected chi connectivity index (χ0v) is 17.8. The molecule has 5 nitrogen and oxygen atoms in total. The number of fused-ring (bicyclic) bond motifs is 1. The Kier molecular flexibility index (Phi) is 7.28. The number of rotatable bonds is 8. The third kappa shape index (κ3) is 5.29. The van der Waals surface area contributed by atoms with Gasteiger partial charge in [-0.1, -0.05) is 56.3 Å². The van der Waals surface area contributed by atoms with Crippen molar-refractivity contribution in [2.45, 2.75) is 32.7 Å². The molecular weight excluding hydrogens is 376 g/mol. The fourth-order valence-corrected chi connectivity index (χ4v) is 3.80. The molecule has 1 atom stereocenters. The Morgan fingerprint density at radius 1 is 1.23 bits per heavy atom. The number of hydrogen-bond acceptors (Lipinski definition) is 3. The van der Waals surface area contributed by atoms with E-state index in [0.29, 0.717) is 31.2 Å². The smallest absolute Gasteiger partial charge is 0.258 e. The van der Waals surface area contributed by atoms with Crippen molar-refractivity contribution in [1.82, 2.24) is 10.2 Å². The lowest BCUT2D eigenvalue weighted by molar-refractivity contribution is -0.134. The number of carbonyl (C=O) groups excluding carboxylic acids is 2. The first-order chi connectivity index (χ1) is 14.5. The zero-order chi connectivity index (χ0) is 21.5. The van der Waals surface area contributed by atoms with E-state index in [4.69, 9.17) is 4.74 Å². The van der Waals surface area contributed by atoms with Crippen LogP contribution in [0.15, 0.2) is 61.2 Å². The second-order valence-corrected chi connectivity index (χ2v) is 7.99. The van der Waals surface area contributed by atoms with Gasteiger partial charge in [-0.25, -0.2) is 0 Å². The van der Waals surface area contributed by atoms with Gasteiger partial charge in [-0.3, -0.25) is 9.59 Å². The van der Waals surface area contributed by atoms with Crippen LogP contribution in [-0.2, 0) is 16.0 Å². The van der Waals surface area contributed by atoms with E-state index in [-0.39, 0.29) is 24.5 Å². The average molecular weight is 407 g/mol. The maximum absolute atomic E-state index is 13.0. The Balaban J connectivity index is 1.89. The van der Waals surface area contributed by atoms with Crippen molar-refractivity contribution in [3.8, 4) is 5.75 Å². The average Bonchev–Trinajstić information content (AvgIpc) is 2.75. The van der Waals surface area contributed by atoms with Crippen molar-refractivity contribution < 1.29 is 14.3 Å². The van der Waals surface area contributed by atoms with E-state index in [1.54, 1.807) is 6.08 Å². The Hall–Kier alpha value is -3.08. The summed E-state index contributed by atoms with van der Waals surface area (Å²) >= 11 is 0. The summed E-state index contributed by atoms with van der Waals surface area (Å²) in [5.41, 5.74) is 3.35. The van der Waals surface area contributed by atoms with Gasteiger partial charge in [0, 0.05) is 19.5 Å². The number of nitrogens with one attached hydrogen (secondary N) is 1. The highest BCUT2D eigenvalue weighted by Gasteiger charge is 2.32. The maximum Gasteiger partial charge on any atom is 0.258 e. The molecule has 0 radical (unpaired) electrons. The highest BCUT2D eigenvalue weighted by Crippen LogP contribution is 2.37. The normalized spacial score (nSPS) is 15.4. The van der Waals surface area contributed by atoms with Crippen LogP contribution in [0.5, 0.6) is 5.75 Å². The quantitative estimate of drug-likeness (QED) is 0.677. The van der Waals surface area contributed by atoms with Crippen LogP contribution in [0.3, 0.4) is 0 Å². The topological polar surface area (TPSA) is 58.6 Å². The van der Waals surface area contributed by atoms with Crippen molar-refractivity contribution in [3.05, 3.63) is 77.9 Å². The molecular formula is C25H30N2O3. The van der Waals surface area contributed by atoms with Crippen LogP contribution >= 0.6 is 0 Å². The van der Waals surface area contributed by atoms with E-state index in [2.05, 4.69) is 37.9 Å². The molecule has 0 fully saturated rings. The van der Waals surface area contributed by atoms with E-state index in [9.17, 15) is 9.59 Å². The first-order valence-electron chi connectivity index (χ1n) is 10.5. The molecule has 0 aromatic heterocycles. The Labute approximate surface area is 178 Å². The monoisotopic (exact) mass is 406 g/mol. The minimum atomic E-state index is -0.194. The van der Waals surface area contributed by atoms with Crippen molar-refractivity contribution in [3.63, 3.8) is 0 Å². The lowest BCUT2D eigenvalue weighted by atomic mass is 9.87. The highest BCUT2D eigenvalue weighted by molar-refractivity contribution is 5.78. The maximum atomic E-state index is 13.0. The van der Waals surface area contributed by atoms with E-state index >= 15 is 0 Å². The summed E-state index contributed by atoms with van der Waals surface area (Å²) < 4.78 is 5.73. The molecule has 2 aromatic rings. The van der Waals surface area contributed by atoms with Gasteiger partial charge in [0.15, 0.2) is 6.61 Å². The summed E-state index contributed by atoms with van der Waals surface area (Å²) in [7, 11) is 0. The van der Waals surface area contributed by atoms with E-state index < -0.39 is 0 Å². The SMILES string of the molecule is C=CCNC(=O)COc1ccc2c(c1)C(c1ccccc1)N(C(=O)CC(C)C)CC2. The van der Waals surface area contributed by atoms with Crippen LogP contribution < -0.4 is 10.1 Å². The van der Waals surface area contributed by atoms with Crippen LogP contribution in [0, 0.1) is 5.92 Å². The van der Waals surface area contributed by atoms with Crippen molar-refractivity contribution >= 4 is 11.8 Å². The third-order valence-electron chi connectivity index (χ3n) is 5.18. The molecule has 30 heavy (non-hydrogen) atoms. The van der Waals surface area contributed by atoms with Crippen LogP contribution in [0.2, 0.25) is 0 Å². The van der Waals surface area contributed by atoms with Gasteiger partial charge in [0.2, 0.25) is 5.91 Å². The molecule has 0 saturated carbocycles. The molecule has 1 heterocycles. The summed E-state index contributed by atoms with van der Waals surface area (Å²) in [5.74, 6) is 0.904. The Morgan fingerprint density at radius 3 is 2.70 bits per heavy atom. The Bertz CT molecular complexity index is 893. The van der Waals surface area contributed by atoms with Crippen LogP contribution in [0.1, 0.15) is 43.0 Å². The number of nitrogens with zero attached hydrogens (tertiary/aromatic N) is 1. The first-order valence-corrected chi connectivity index (χ1v) is 10.5. The van der Waals surface area contributed by atoms with Gasteiger partial charge in [0.25, 0.3) is 5.91 Å². The summed E-state index contributed by atoms with van der Waals surface area (Å²) in [4.78, 5) is 26.9. The molecule has 0 spiro atoms. The van der Waals surface area contributed by atoms with E-state index in [0.717, 1.165) is 17.5 Å². The van der Waals surface area contributed by atoms with E-state index in [1.165, 1.54) is 5.56 Å². The standard InChI is InChI=1S/C25H30N2O3/c1-4-13-26-23(28)17-30-21-11-10-19-12-14-27(24(29)15-18(2)3)25(22(19)16-21)20-8-6-5-7-9-20/h4-11,16,18,25H,1,12-15,17H2,2-3H3,(H,26,28). The van der Waals surface area contributed by atoms with Gasteiger partial charge in [-0.15, -0.1) is 6.58 Å². The second kappa shape index (κ2) is 10.1. The second-order valence-electron chi connectivity index (χ2n) is 7.99. The number of ether oxygens (including phenoxy) is 1. The largest absolute Gasteiger partial charge is 0.484 e. The molecule has 5 heteroatoms. The lowest BCUT2D eigenvalue weighted by Crippen LogP contribution is -2.41. The van der Waals surface area contributed by atoms with Crippen molar-refractivity contribution in [2.75, 3.05) is 19.7 Å². The number of amides is 2. The molecule has 3 rings (SSSR count). The minimum Gasteiger partial charge on any atom is -0.484 e. The van der Waals surface area contributed by atoms with Gasteiger partial charge < -0.3 is 15.0 Å². The van der Waals surface area contributed by atoms with Gasteiger partial charge in [-0.2, -0.15) is 0 Å². The minimum absolute atomic E-state index is 0.0569. The molecule has 1 aliphatic heterocycles. The number of carbonyl (C=O) groups is 2. The molecule has 2 aromatic carbocycles. The molecule has 0 bridgehead atoms. The third-order valence-corrected chi connectivity index (χ3v) is 5.18. The first kappa shape index (κ1) is 21.6. The molecule has 1 N–H and O–H groups in total. The molecule has 0 aliphatic carbocycles. The highest BCUT2D eigenvalue weighted by atomic mass is 16.5. The Morgan fingerprint density at radius 2 is 2.00 bits per heavy atom. The summed E-state index contributed by atoms with van der Waals surface area (Å²) in [6, 6.07) is 15.9. The van der Waals surface area contributed by atoms with Crippen LogP contribution in [-0.4, -0.2) is 36.4 Å². The number of hydrogen-bond donors (Lipinski definition) is 1. The predicted octanol–water partition coefficient (Wildman–Crippen LogP) is 3.89. The van der Waals surface area contributed by atoms with Crippen molar-refractivity contribution in [1.29, 1.82) is 0 Å². The van der Waals surface area contributed by atoms with Gasteiger partial charge >= 0.3 is 0 Å². The summed E-state index contributed by atoms with van der Waals surface area (Å²) in [6.07, 6.45) is 2.96. The molecule has 1 unspecified atom stereocenters. The summed E-state index contributed by atoms with van der Waals surface area (Å²) in [5, 5.41) is 2.70. The molecule has 0 saturated heterocycles.